The minimum atomic E-state index is -0.464. The van der Waals surface area contributed by atoms with Gasteiger partial charge in [-0.2, -0.15) is 0 Å². The molecule has 1 aromatic carbocycles. The number of hydrogen-bond donors (Lipinski definition) is 1. The minimum Gasteiger partial charge on any atom is -0.337 e. The van der Waals surface area contributed by atoms with Crippen LogP contribution in [-0.2, 0) is 0 Å². The van der Waals surface area contributed by atoms with Crippen molar-refractivity contribution in [2.24, 2.45) is 17.6 Å². The number of halogens is 1. The molecule has 2 fully saturated rings. The average Bonchev–Trinajstić information content (AvgIpc) is 3.31. The van der Waals surface area contributed by atoms with Crippen LogP contribution >= 0.6 is 12.4 Å². The first-order valence-electron chi connectivity index (χ1n) is 8.67. The lowest BCUT2D eigenvalue weighted by Crippen LogP contribution is -2.34. The number of nitro groups is 1. The van der Waals surface area contributed by atoms with E-state index in [1.165, 1.54) is 16.8 Å². The van der Waals surface area contributed by atoms with E-state index in [2.05, 4.69) is 10.3 Å². The van der Waals surface area contributed by atoms with E-state index in [4.69, 9.17) is 5.73 Å². The fourth-order valence-electron chi connectivity index (χ4n) is 4.13. The van der Waals surface area contributed by atoms with Gasteiger partial charge in [-0.1, -0.05) is 11.3 Å². The first-order valence-corrected chi connectivity index (χ1v) is 8.67. The van der Waals surface area contributed by atoms with Crippen LogP contribution in [0.1, 0.15) is 29.0 Å². The van der Waals surface area contributed by atoms with E-state index in [0.717, 1.165) is 12.8 Å². The zero-order valence-electron chi connectivity index (χ0n) is 14.8. The Morgan fingerprint density at radius 1 is 1.33 bits per heavy atom. The first-order chi connectivity index (χ1) is 12.5. The van der Waals surface area contributed by atoms with Crippen molar-refractivity contribution in [3.05, 3.63) is 45.8 Å². The van der Waals surface area contributed by atoms with Crippen molar-refractivity contribution >= 4 is 24.0 Å². The van der Waals surface area contributed by atoms with Crippen molar-refractivity contribution < 1.29 is 9.72 Å². The highest BCUT2D eigenvalue weighted by Crippen LogP contribution is 2.37. The maximum Gasteiger partial charge on any atom is 0.276 e. The number of benzene rings is 1. The molecule has 0 radical (unpaired) electrons. The maximum atomic E-state index is 12.9. The molecule has 9 nitrogen and oxygen atoms in total. The molecule has 0 spiro atoms. The minimum absolute atomic E-state index is 0. The van der Waals surface area contributed by atoms with Gasteiger partial charge in [-0.05, 0) is 37.7 Å². The number of fused-ring (bicyclic) bond motifs is 1. The summed E-state index contributed by atoms with van der Waals surface area (Å²) in [4.78, 5) is 25.2. The SMILES string of the molecule is Cc1c(C(=O)N2CC3CCC(N)C3C2)nnn1-c1cccc([N+](=O)[O-])c1.Cl. The molecule has 2 aromatic rings. The van der Waals surface area contributed by atoms with Crippen LogP contribution < -0.4 is 5.73 Å². The Hall–Kier alpha value is -2.52. The number of carbonyl (C=O) groups excluding carboxylic acids is 1. The standard InChI is InChI=1S/C17H20N6O3.ClH/c1-10-16(17(24)21-8-11-5-6-15(18)14(11)9-21)19-20-22(10)12-3-2-4-13(7-12)23(25)26;/h2-4,7,11,14-15H,5-6,8-9,18H2,1H3;1H. The second kappa shape index (κ2) is 7.24. The predicted molar refractivity (Wildman–Crippen MR) is 100 cm³/mol. The van der Waals surface area contributed by atoms with Crippen LogP contribution in [0.5, 0.6) is 0 Å². The number of amides is 1. The number of likely N-dealkylation sites (tertiary alicyclic amines) is 1. The van der Waals surface area contributed by atoms with Gasteiger partial charge in [-0.3, -0.25) is 14.9 Å². The van der Waals surface area contributed by atoms with Gasteiger partial charge in [0, 0.05) is 31.3 Å². The summed E-state index contributed by atoms with van der Waals surface area (Å²) in [6.07, 6.45) is 2.09. The van der Waals surface area contributed by atoms with E-state index in [9.17, 15) is 14.9 Å². The largest absolute Gasteiger partial charge is 0.337 e. The van der Waals surface area contributed by atoms with Gasteiger partial charge in [0.25, 0.3) is 11.6 Å². The van der Waals surface area contributed by atoms with E-state index in [-0.39, 0.29) is 35.7 Å². The van der Waals surface area contributed by atoms with Crippen molar-refractivity contribution in [1.82, 2.24) is 19.9 Å². The first kappa shape index (κ1) is 19.2. The summed E-state index contributed by atoms with van der Waals surface area (Å²) >= 11 is 0. The van der Waals surface area contributed by atoms with E-state index < -0.39 is 4.92 Å². The lowest BCUT2D eigenvalue weighted by atomic mass is 9.98. The van der Waals surface area contributed by atoms with E-state index >= 15 is 0 Å². The van der Waals surface area contributed by atoms with Gasteiger partial charge < -0.3 is 10.6 Å². The Morgan fingerprint density at radius 3 is 2.81 bits per heavy atom. The number of nitrogens with two attached hydrogens (primary N) is 1. The molecular weight excluding hydrogens is 372 g/mol. The molecule has 1 aliphatic carbocycles. The summed E-state index contributed by atoms with van der Waals surface area (Å²) in [6.45, 7) is 3.11. The molecule has 2 heterocycles. The van der Waals surface area contributed by atoms with Crippen molar-refractivity contribution in [2.75, 3.05) is 13.1 Å². The number of nitro benzene ring substituents is 1. The molecule has 0 bridgehead atoms. The Labute approximate surface area is 162 Å². The van der Waals surface area contributed by atoms with E-state index in [0.29, 0.717) is 36.3 Å². The zero-order chi connectivity index (χ0) is 18.4. The van der Waals surface area contributed by atoms with Crippen LogP contribution in [0.25, 0.3) is 5.69 Å². The number of aromatic nitrogens is 3. The maximum absolute atomic E-state index is 12.9. The third-order valence-corrected chi connectivity index (χ3v) is 5.58. The lowest BCUT2D eigenvalue weighted by Gasteiger charge is -2.17. The van der Waals surface area contributed by atoms with Gasteiger partial charge in [-0.25, -0.2) is 4.68 Å². The highest BCUT2D eigenvalue weighted by molar-refractivity contribution is 5.93. The smallest absolute Gasteiger partial charge is 0.276 e. The fourth-order valence-corrected chi connectivity index (χ4v) is 4.13. The molecular formula is C17H21ClN6O3. The topological polar surface area (TPSA) is 120 Å². The molecule has 1 aliphatic heterocycles. The van der Waals surface area contributed by atoms with Gasteiger partial charge in [0.15, 0.2) is 5.69 Å². The molecule has 10 heteroatoms. The van der Waals surface area contributed by atoms with Crippen molar-refractivity contribution in [3.63, 3.8) is 0 Å². The quantitative estimate of drug-likeness (QED) is 0.627. The molecule has 3 unspecified atom stereocenters. The summed E-state index contributed by atoms with van der Waals surface area (Å²) in [7, 11) is 0. The predicted octanol–water partition coefficient (Wildman–Crippen LogP) is 1.72. The van der Waals surface area contributed by atoms with Gasteiger partial charge in [-0.15, -0.1) is 17.5 Å². The monoisotopic (exact) mass is 392 g/mol. The molecule has 27 heavy (non-hydrogen) atoms. The summed E-state index contributed by atoms with van der Waals surface area (Å²) in [6, 6.07) is 6.27. The van der Waals surface area contributed by atoms with E-state index in [1.54, 1.807) is 19.1 Å². The highest BCUT2D eigenvalue weighted by atomic mass is 35.5. The Kier molecular flexibility index (Phi) is 5.16. The molecule has 2 N–H and O–H groups in total. The molecule has 144 valence electrons. The lowest BCUT2D eigenvalue weighted by molar-refractivity contribution is -0.384. The number of non-ortho nitro benzene ring substituents is 1. The number of nitrogens with zero attached hydrogens (tertiary/aromatic N) is 5. The Morgan fingerprint density at radius 2 is 2.11 bits per heavy atom. The van der Waals surface area contributed by atoms with Crippen LogP contribution in [0.4, 0.5) is 5.69 Å². The molecule has 2 aliphatic rings. The van der Waals surface area contributed by atoms with Crippen molar-refractivity contribution in [2.45, 2.75) is 25.8 Å². The third-order valence-electron chi connectivity index (χ3n) is 5.58. The summed E-state index contributed by atoms with van der Waals surface area (Å²) < 4.78 is 1.46. The highest BCUT2D eigenvalue weighted by Gasteiger charge is 2.43. The zero-order valence-corrected chi connectivity index (χ0v) is 15.6. The van der Waals surface area contributed by atoms with Crippen molar-refractivity contribution in [3.8, 4) is 5.69 Å². The van der Waals surface area contributed by atoms with Gasteiger partial charge >= 0.3 is 0 Å². The van der Waals surface area contributed by atoms with Gasteiger partial charge in [0.1, 0.15) is 0 Å². The molecule has 1 saturated heterocycles. The van der Waals surface area contributed by atoms with Crippen LogP contribution in [0.2, 0.25) is 0 Å². The molecule has 1 amide bonds. The van der Waals surface area contributed by atoms with Crippen LogP contribution in [0.15, 0.2) is 24.3 Å². The summed E-state index contributed by atoms with van der Waals surface area (Å²) in [5.74, 6) is 0.688. The van der Waals surface area contributed by atoms with Crippen LogP contribution in [0, 0.1) is 28.9 Å². The van der Waals surface area contributed by atoms with Crippen molar-refractivity contribution in [1.29, 1.82) is 0 Å². The molecule has 3 atom stereocenters. The number of hydrogen-bond acceptors (Lipinski definition) is 6. The second-order valence-corrected chi connectivity index (χ2v) is 7.09. The molecule has 4 rings (SSSR count). The van der Waals surface area contributed by atoms with Crippen LogP contribution in [-0.4, -0.2) is 49.9 Å². The normalized spacial score (nSPS) is 23.8. The second-order valence-electron chi connectivity index (χ2n) is 7.09. The molecule has 1 aromatic heterocycles. The van der Waals surface area contributed by atoms with Gasteiger partial charge in [0.05, 0.1) is 16.3 Å². The van der Waals surface area contributed by atoms with Gasteiger partial charge in [0.2, 0.25) is 0 Å². The summed E-state index contributed by atoms with van der Waals surface area (Å²) in [5, 5.41) is 19.1. The summed E-state index contributed by atoms with van der Waals surface area (Å²) in [5.41, 5.74) is 7.46. The average molecular weight is 393 g/mol. The van der Waals surface area contributed by atoms with E-state index in [1.807, 2.05) is 4.90 Å². The Balaban J connectivity index is 0.00000210. The number of rotatable bonds is 3. The Bertz CT molecular complexity index is 885. The third kappa shape index (κ3) is 3.28. The fraction of sp³-hybridized carbons (Fsp3) is 0.471. The number of carbonyl (C=O) groups is 1. The molecule has 1 saturated carbocycles. The van der Waals surface area contributed by atoms with Crippen LogP contribution in [0.3, 0.4) is 0 Å².